The summed E-state index contributed by atoms with van der Waals surface area (Å²) < 4.78 is 19.1. The normalized spacial score (nSPS) is 32.0. The summed E-state index contributed by atoms with van der Waals surface area (Å²) in [6.07, 6.45) is 2.14. The van der Waals surface area contributed by atoms with E-state index in [1.807, 2.05) is 6.92 Å². The van der Waals surface area contributed by atoms with E-state index < -0.39 is 36.0 Å². The molecule has 27 heavy (non-hydrogen) atoms. The number of rotatable bonds is 4. The minimum Gasteiger partial charge on any atom is -0.455 e. The van der Waals surface area contributed by atoms with Gasteiger partial charge in [-0.1, -0.05) is 24.9 Å². The van der Waals surface area contributed by atoms with Gasteiger partial charge in [-0.15, -0.1) is 0 Å². The van der Waals surface area contributed by atoms with E-state index in [1.54, 1.807) is 4.57 Å². The van der Waals surface area contributed by atoms with Gasteiger partial charge in [0.25, 0.3) is 0 Å². The van der Waals surface area contributed by atoms with Gasteiger partial charge in [0.05, 0.1) is 6.33 Å². The van der Waals surface area contributed by atoms with Crippen molar-refractivity contribution in [1.29, 1.82) is 0 Å². The first-order chi connectivity index (χ1) is 12.9. The number of nitrogens with zero attached hydrogens (tertiary/aromatic N) is 4. The van der Waals surface area contributed by atoms with Crippen LogP contribution in [0.2, 0.25) is 5.15 Å². The predicted molar refractivity (Wildman–Crippen MR) is 92.7 cm³/mol. The van der Waals surface area contributed by atoms with E-state index in [9.17, 15) is 9.59 Å². The molecule has 1 unspecified atom stereocenters. The highest BCUT2D eigenvalue weighted by atomic mass is 35.5. The fourth-order valence-electron chi connectivity index (χ4n) is 3.98. The Labute approximate surface area is 160 Å². The monoisotopic (exact) mass is 394 g/mol. The number of ether oxygens (including phenoxy) is 3. The van der Waals surface area contributed by atoms with Crippen molar-refractivity contribution in [1.82, 2.24) is 19.5 Å². The molecule has 2 aliphatic rings. The zero-order valence-electron chi connectivity index (χ0n) is 15.1. The first-order valence-electron chi connectivity index (χ1n) is 8.72. The van der Waals surface area contributed by atoms with E-state index in [4.69, 9.17) is 25.8 Å². The number of esters is 2. The summed E-state index contributed by atoms with van der Waals surface area (Å²) in [5, 5.41) is 0.213. The van der Waals surface area contributed by atoms with Gasteiger partial charge in [-0.05, 0) is 12.3 Å². The van der Waals surface area contributed by atoms with Crippen molar-refractivity contribution in [2.45, 2.75) is 57.6 Å². The molecular formula is C17H19ClN4O5. The van der Waals surface area contributed by atoms with Crippen LogP contribution in [0.15, 0.2) is 12.7 Å². The topological polar surface area (TPSA) is 105 Å². The van der Waals surface area contributed by atoms with Gasteiger partial charge < -0.3 is 14.2 Å². The van der Waals surface area contributed by atoms with Crippen molar-refractivity contribution in [3.8, 4) is 0 Å². The van der Waals surface area contributed by atoms with Crippen molar-refractivity contribution in [3.05, 3.63) is 17.8 Å². The Kier molecular flexibility index (Phi) is 4.31. The van der Waals surface area contributed by atoms with E-state index in [0.717, 1.165) is 12.8 Å². The molecule has 0 aromatic carbocycles. The van der Waals surface area contributed by atoms with Crippen LogP contribution in [0.5, 0.6) is 0 Å². The van der Waals surface area contributed by atoms with E-state index in [2.05, 4.69) is 15.0 Å². The summed E-state index contributed by atoms with van der Waals surface area (Å²) >= 11 is 6.09. The van der Waals surface area contributed by atoms with Crippen LogP contribution in [-0.2, 0) is 23.8 Å². The fraction of sp³-hybridized carbons (Fsp3) is 0.588. The quantitative estimate of drug-likeness (QED) is 0.573. The highest BCUT2D eigenvalue weighted by molar-refractivity contribution is 6.33. The summed E-state index contributed by atoms with van der Waals surface area (Å²) in [6, 6.07) is 0. The molecule has 1 aliphatic heterocycles. The Bertz CT molecular complexity index is 918. The van der Waals surface area contributed by atoms with Gasteiger partial charge in [-0.25, -0.2) is 15.0 Å². The second-order valence-corrected chi connectivity index (χ2v) is 7.22. The minimum atomic E-state index is -0.825. The molecule has 1 saturated carbocycles. The smallest absolute Gasteiger partial charge is 0.303 e. The Balaban J connectivity index is 1.79. The Morgan fingerprint density at radius 1 is 1.30 bits per heavy atom. The SMILES string of the molecule is CC[C@@H]1C[C@]12O[C@@H](n1cnc3c(Cl)ncnc31)[C@@H](OC(C)=O)C2OC(C)=O. The molecule has 0 bridgehead atoms. The summed E-state index contributed by atoms with van der Waals surface area (Å²) in [5.41, 5.74) is 0.181. The molecule has 1 saturated heterocycles. The van der Waals surface area contributed by atoms with Crippen LogP contribution in [0.25, 0.3) is 11.2 Å². The van der Waals surface area contributed by atoms with Crippen LogP contribution in [0.1, 0.15) is 39.8 Å². The van der Waals surface area contributed by atoms with E-state index in [0.29, 0.717) is 11.2 Å². The predicted octanol–water partition coefficient (Wildman–Crippen LogP) is 2.04. The summed E-state index contributed by atoms with van der Waals surface area (Å²) in [6.45, 7) is 4.68. The fourth-order valence-corrected chi connectivity index (χ4v) is 4.15. The van der Waals surface area contributed by atoms with E-state index >= 15 is 0 Å². The third-order valence-corrected chi connectivity index (χ3v) is 5.45. The number of carbonyl (C=O) groups is 2. The number of hydrogen-bond donors (Lipinski definition) is 0. The highest BCUT2D eigenvalue weighted by Crippen LogP contribution is 2.60. The third-order valence-electron chi connectivity index (χ3n) is 5.17. The molecule has 4 rings (SSSR count). The molecule has 144 valence electrons. The summed E-state index contributed by atoms with van der Waals surface area (Å²) in [5.74, 6) is -0.741. The van der Waals surface area contributed by atoms with Crippen molar-refractivity contribution in [2.75, 3.05) is 0 Å². The molecule has 10 heteroatoms. The third kappa shape index (κ3) is 2.85. The van der Waals surface area contributed by atoms with Crippen LogP contribution in [0, 0.1) is 5.92 Å². The maximum Gasteiger partial charge on any atom is 0.303 e. The van der Waals surface area contributed by atoms with Crippen LogP contribution >= 0.6 is 11.6 Å². The zero-order valence-corrected chi connectivity index (χ0v) is 15.8. The number of hydrogen-bond acceptors (Lipinski definition) is 8. The molecule has 2 aromatic rings. The number of aromatic nitrogens is 4. The molecular weight excluding hydrogens is 376 g/mol. The highest BCUT2D eigenvalue weighted by Gasteiger charge is 2.71. The van der Waals surface area contributed by atoms with Crippen molar-refractivity contribution in [2.24, 2.45) is 5.92 Å². The van der Waals surface area contributed by atoms with Crippen molar-refractivity contribution >= 4 is 34.7 Å². The molecule has 1 spiro atoms. The largest absolute Gasteiger partial charge is 0.455 e. The van der Waals surface area contributed by atoms with Gasteiger partial charge >= 0.3 is 11.9 Å². The van der Waals surface area contributed by atoms with Gasteiger partial charge in [0.1, 0.15) is 17.4 Å². The second-order valence-electron chi connectivity index (χ2n) is 6.87. The van der Waals surface area contributed by atoms with Gasteiger partial charge in [-0.3, -0.25) is 14.2 Å². The molecule has 3 heterocycles. The van der Waals surface area contributed by atoms with Crippen molar-refractivity contribution in [3.63, 3.8) is 0 Å². The molecule has 0 N–H and O–H groups in total. The number of imidazole rings is 1. The Morgan fingerprint density at radius 2 is 2.04 bits per heavy atom. The van der Waals surface area contributed by atoms with Crippen molar-refractivity contribution < 1.29 is 23.8 Å². The molecule has 2 aromatic heterocycles. The van der Waals surface area contributed by atoms with Crippen LogP contribution in [0.3, 0.4) is 0 Å². The average molecular weight is 395 g/mol. The second kappa shape index (κ2) is 6.42. The van der Waals surface area contributed by atoms with Gasteiger partial charge in [0.15, 0.2) is 29.2 Å². The molecule has 0 radical (unpaired) electrons. The maximum absolute atomic E-state index is 11.8. The first kappa shape index (κ1) is 18.1. The lowest BCUT2D eigenvalue weighted by Gasteiger charge is -2.24. The van der Waals surface area contributed by atoms with E-state index in [1.165, 1.54) is 26.5 Å². The number of carbonyl (C=O) groups excluding carboxylic acids is 2. The minimum absolute atomic E-state index is 0.206. The maximum atomic E-state index is 11.8. The Hall–Kier alpha value is -2.26. The molecule has 5 atom stereocenters. The summed E-state index contributed by atoms with van der Waals surface area (Å²) in [4.78, 5) is 35.9. The molecule has 0 amide bonds. The zero-order chi connectivity index (χ0) is 19.3. The lowest BCUT2D eigenvalue weighted by Crippen LogP contribution is -2.40. The van der Waals surface area contributed by atoms with Gasteiger partial charge in [0.2, 0.25) is 0 Å². The van der Waals surface area contributed by atoms with Crippen LogP contribution in [0.4, 0.5) is 0 Å². The van der Waals surface area contributed by atoms with E-state index in [-0.39, 0.29) is 11.1 Å². The molecule has 9 nitrogen and oxygen atoms in total. The number of fused-ring (bicyclic) bond motifs is 1. The van der Waals surface area contributed by atoms with Gasteiger partial charge in [-0.2, -0.15) is 0 Å². The standard InChI is InChI=1S/C17H19ClN4O5/c1-4-10-5-17(10)13(26-9(3)24)12(25-8(2)23)16(27-17)22-7-21-11-14(18)19-6-20-15(11)22/h6-7,10,12-13,16H,4-5H2,1-3H3/t10-,12+,13?,16-,17+/m1/s1. The number of halogens is 1. The van der Waals surface area contributed by atoms with Crippen LogP contribution in [-0.4, -0.2) is 49.3 Å². The molecule has 2 fully saturated rings. The summed E-state index contributed by atoms with van der Waals surface area (Å²) in [7, 11) is 0. The molecule has 1 aliphatic carbocycles. The average Bonchev–Trinajstić information content (AvgIpc) is 3.02. The first-order valence-corrected chi connectivity index (χ1v) is 9.10. The lowest BCUT2D eigenvalue weighted by atomic mass is 10.1. The lowest BCUT2D eigenvalue weighted by molar-refractivity contribution is -0.166. The Morgan fingerprint density at radius 3 is 2.67 bits per heavy atom. The van der Waals surface area contributed by atoms with Gasteiger partial charge in [0, 0.05) is 13.8 Å². The van der Waals surface area contributed by atoms with Crippen LogP contribution < -0.4 is 0 Å².